The summed E-state index contributed by atoms with van der Waals surface area (Å²) in [5.74, 6) is 0.981. The van der Waals surface area contributed by atoms with E-state index in [1.54, 1.807) is 11.8 Å². The van der Waals surface area contributed by atoms with Crippen molar-refractivity contribution in [3.8, 4) is 0 Å². The van der Waals surface area contributed by atoms with Crippen LogP contribution in [-0.2, 0) is 11.3 Å². The van der Waals surface area contributed by atoms with Crippen LogP contribution in [0.3, 0.4) is 0 Å². The minimum Gasteiger partial charge on any atom is -0.392 e. The molecule has 4 heteroatoms. The van der Waals surface area contributed by atoms with Crippen molar-refractivity contribution in [3.05, 3.63) is 28.2 Å². The Morgan fingerprint density at radius 2 is 2.38 bits per heavy atom. The lowest BCUT2D eigenvalue weighted by Gasteiger charge is -2.11. The fraction of sp³-hybridized carbons (Fsp3) is 0.500. The predicted molar refractivity (Wildman–Crippen MR) is 69.8 cm³/mol. The molecule has 88 valence electrons. The first-order valence-corrected chi connectivity index (χ1v) is 7.21. The summed E-state index contributed by atoms with van der Waals surface area (Å²) in [5.41, 5.74) is 0.984. The number of halogens is 1. The molecule has 16 heavy (non-hydrogen) atoms. The zero-order valence-corrected chi connectivity index (χ0v) is 11.4. The van der Waals surface area contributed by atoms with Crippen LogP contribution in [-0.4, -0.2) is 23.6 Å². The summed E-state index contributed by atoms with van der Waals surface area (Å²) in [5, 5.41) is 9.27. The molecule has 0 aromatic heterocycles. The largest absolute Gasteiger partial charge is 0.392 e. The van der Waals surface area contributed by atoms with E-state index in [4.69, 9.17) is 4.74 Å². The molecule has 1 aromatic carbocycles. The van der Waals surface area contributed by atoms with Crippen molar-refractivity contribution in [2.45, 2.75) is 30.4 Å². The summed E-state index contributed by atoms with van der Waals surface area (Å²) in [7, 11) is 0. The highest BCUT2D eigenvalue weighted by Crippen LogP contribution is 2.28. The standard InChI is InChI=1S/C12H15BrO2S/c13-10-3-4-12(9(6-10)7-14)16-8-11-2-1-5-15-11/h3-4,6,11,14H,1-2,5,7-8H2. The number of rotatable bonds is 4. The molecule has 0 saturated carbocycles. The Balaban J connectivity index is 1.97. The van der Waals surface area contributed by atoms with E-state index < -0.39 is 0 Å². The molecule has 1 unspecified atom stereocenters. The van der Waals surface area contributed by atoms with E-state index in [1.165, 1.54) is 6.42 Å². The van der Waals surface area contributed by atoms with E-state index in [1.807, 2.05) is 12.1 Å². The van der Waals surface area contributed by atoms with E-state index in [0.717, 1.165) is 33.7 Å². The number of aliphatic hydroxyl groups is 1. The van der Waals surface area contributed by atoms with Gasteiger partial charge in [0.15, 0.2) is 0 Å². The highest BCUT2D eigenvalue weighted by molar-refractivity contribution is 9.10. The average Bonchev–Trinajstić information content (AvgIpc) is 2.80. The Labute approximate surface area is 109 Å². The third kappa shape index (κ3) is 3.23. The van der Waals surface area contributed by atoms with E-state index in [2.05, 4.69) is 22.0 Å². The van der Waals surface area contributed by atoms with E-state index in [9.17, 15) is 5.11 Å². The molecular formula is C12H15BrO2S. The first-order valence-electron chi connectivity index (χ1n) is 5.43. The lowest BCUT2D eigenvalue weighted by Crippen LogP contribution is -2.08. The zero-order chi connectivity index (χ0) is 11.4. The van der Waals surface area contributed by atoms with Gasteiger partial charge in [0.05, 0.1) is 12.7 Å². The second kappa shape index (κ2) is 6.05. The van der Waals surface area contributed by atoms with Gasteiger partial charge in [0.25, 0.3) is 0 Å². The van der Waals surface area contributed by atoms with E-state index in [-0.39, 0.29) is 6.61 Å². The van der Waals surface area contributed by atoms with Gasteiger partial charge in [-0.1, -0.05) is 15.9 Å². The molecule has 0 bridgehead atoms. The molecule has 1 fully saturated rings. The highest BCUT2D eigenvalue weighted by atomic mass is 79.9. The minimum atomic E-state index is 0.0906. The number of thioether (sulfide) groups is 1. The van der Waals surface area contributed by atoms with Gasteiger partial charge in [-0.25, -0.2) is 0 Å². The molecule has 1 N–H and O–H groups in total. The van der Waals surface area contributed by atoms with Gasteiger partial charge in [0.2, 0.25) is 0 Å². The molecular weight excluding hydrogens is 288 g/mol. The summed E-state index contributed by atoms with van der Waals surface area (Å²) in [4.78, 5) is 1.15. The quantitative estimate of drug-likeness (QED) is 0.866. The number of hydrogen-bond acceptors (Lipinski definition) is 3. The molecule has 2 rings (SSSR count). The summed E-state index contributed by atoms with van der Waals surface area (Å²) in [6.07, 6.45) is 2.73. The summed E-state index contributed by atoms with van der Waals surface area (Å²) < 4.78 is 6.59. The molecule has 0 radical (unpaired) electrons. The fourth-order valence-corrected chi connectivity index (χ4v) is 3.28. The molecule has 1 atom stereocenters. The van der Waals surface area contributed by atoms with Gasteiger partial charge < -0.3 is 9.84 Å². The lowest BCUT2D eigenvalue weighted by atomic mass is 10.2. The second-order valence-corrected chi connectivity index (χ2v) is 5.83. The molecule has 1 aromatic rings. The van der Waals surface area contributed by atoms with Crippen LogP contribution in [0.4, 0.5) is 0 Å². The topological polar surface area (TPSA) is 29.5 Å². The van der Waals surface area contributed by atoms with Crippen LogP contribution in [0.2, 0.25) is 0 Å². The summed E-state index contributed by atoms with van der Waals surface area (Å²) >= 11 is 5.18. The molecule has 1 heterocycles. The van der Waals surface area contributed by atoms with Gasteiger partial charge in [0.1, 0.15) is 0 Å². The van der Waals surface area contributed by atoms with Gasteiger partial charge in [-0.15, -0.1) is 11.8 Å². The SMILES string of the molecule is OCc1cc(Br)ccc1SCC1CCCO1. The van der Waals surface area contributed by atoms with Crippen molar-refractivity contribution in [2.24, 2.45) is 0 Å². The summed E-state index contributed by atoms with van der Waals surface area (Å²) in [6.45, 7) is 0.992. The second-order valence-electron chi connectivity index (χ2n) is 3.86. The predicted octanol–water partition coefficient (Wildman–Crippen LogP) is 3.21. The third-order valence-corrected chi connectivity index (χ3v) is 4.38. The van der Waals surface area contributed by atoms with Gasteiger partial charge in [-0.2, -0.15) is 0 Å². The van der Waals surface area contributed by atoms with E-state index >= 15 is 0 Å². The maximum atomic E-state index is 9.27. The average molecular weight is 303 g/mol. The van der Waals surface area contributed by atoms with Crippen LogP contribution < -0.4 is 0 Å². The smallest absolute Gasteiger partial charge is 0.0693 e. The zero-order valence-electron chi connectivity index (χ0n) is 8.99. The third-order valence-electron chi connectivity index (χ3n) is 2.64. The Kier molecular flexibility index (Phi) is 4.70. The maximum absolute atomic E-state index is 9.27. The van der Waals surface area contributed by atoms with Gasteiger partial charge in [0, 0.05) is 21.7 Å². The van der Waals surface area contributed by atoms with Crippen molar-refractivity contribution >= 4 is 27.7 Å². The van der Waals surface area contributed by atoms with Crippen molar-refractivity contribution in [1.82, 2.24) is 0 Å². The van der Waals surface area contributed by atoms with Crippen molar-refractivity contribution in [3.63, 3.8) is 0 Å². The van der Waals surface area contributed by atoms with Crippen molar-refractivity contribution in [2.75, 3.05) is 12.4 Å². The molecule has 1 aliphatic heterocycles. The molecule has 0 aliphatic carbocycles. The van der Waals surface area contributed by atoms with Crippen LogP contribution in [0.5, 0.6) is 0 Å². The number of aliphatic hydroxyl groups excluding tert-OH is 1. The number of ether oxygens (including phenoxy) is 1. The van der Waals surface area contributed by atoms with E-state index in [0.29, 0.717) is 6.10 Å². The minimum absolute atomic E-state index is 0.0906. The fourth-order valence-electron chi connectivity index (χ4n) is 1.77. The van der Waals surface area contributed by atoms with Gasteiger partial charge >= 0.3 is 0 Å². The Morgan fingerprint density at radius 1 is 1.50 bits per heavy atom. The van der Waals surface area contributed by atoms with Crippen LogP contribution in [0.1, 0.15) is 18.4 Å². The maximum Gasteiger partial charge on any atom is 0.0693 e. The van der Waals surface area contributed by atoms with Gasteiger partial charge in [-0.05, 0) is 36.6 Å². The van der Waals surface area contributed by atoms with Gasteiger partial charge in [-0.3, -0.25) is 0 Å². The van der Waals surface area contributed by atoms with Crippen LogP contribution in [0.25, 0.3) is 0 Å². The van der Waals surface area contributed by atoms with Crippen LogP contribution in [0, 0.1) is 0 Å². The van der Waals surface area contributed by atoms with Crippen LogP contribution >= 0.6 is 27.7 Å². The summed E-state index contributed by atoms with van der Waals surface area (Å²) in [6, 6.07) is 6.03. The Bertz CT molecular complexity index is 351. The number of benzene rings is 1. The Morgan fingerprint density at radius 3 is 3.06 bits per heavy atom. The normalized spacial score (nSPS) is 20.2. The van der Waals surface area contributed by atoms with Crippen LogP contribution in [0.15, 0.2) is 27.6 Å². The van der Waals surface area contributed by atoms with Crippen molar-refractivity contribution in [1.29, 1.82) is 0 Å². The first kappa shape index (κ1) is 12.4. The molecule has 1 aliphatic rings. The van der Waals surface area contributed by atoms with Crippen molar-refractivity contribution < 1.29 is 9.84 Å². The molecule has 2 nitrogen and oxygen atoms in total. The first-order chi connectivity index (χ1) is 7.79. The molecule has 1 saturated heterocycles. The number of hydrogen-bond donors (Lipinski definition) is 1. The molecule has 0 amide bonds. The highest BCUT2D eigenvalue weighted by Gasteiger charge is 2.16. The lowest BCUT2D eigenvalue weighted by molar-refractivity contribution is 0.129. The Hall–Kier alpha value is -0.0300. The molecule has 0 spiro atoms. The monoisotopic (exact) mass is 302 g/mol.